The number of nitrogens with one attached hydrogen (secondary N) is 1. The van der Waals surface area contributed by atoms with Gasteiger partial charge in [-0.15, -0.1) is 11.3 Å². The van der Waals surface area contributed by atoms with Crippen LogP contribution in [0.1, 0.15) is 10.5 Å². The van der Waals surface area contributed by atoms with Crippen LogP contribution in [0.3, 0.4) is 0 Å². The first-order chi connectivity index (χ1) is 13.7. The van der Waals surface area contributed by atoms with Crippen LogP contribution < -0.4 is 10.1 Å². The Morgan fingerprint density at radius 3 is 2.68 bits per heavy atom. The van der Waals surface area contributed by atoms with Crippen molar-refractivity contribution in [1.29, 1.82) is 0 Å². The van der Waals surface area contributed by atoms with Gasteiger partial charge < -0.3 is 10.1 Å². The van der Waals surface area contributed by atoms with Gasteiger partial charge in [0.05, 0.1) is 16.8 Å². The normalized spacial score (nSPS) is 10.8. The van der Waals surface area contributed by atoms with Crippen LogP contribution in [0.25, 0.3) is 20.9 Å². The summed E-state index contributed by atoms with van der Waals surface area (Å²) in [6.07, 6.45) is 3.05. The smallest absolute Gasteiger partial charge is 0.272 e. The number of carbonyl (C=O) groups is 1. The zero-order valence-electron chi connectivity index (χ0n) is 14.6. The lowest BCUT2D eigenvalue weighted by Gasteiger charge is -2.08. The largest absolute Gasteiger partial charge is 0.492 e. The van der Waals surface area contributed by atoms with Gasteiger partial charge in [-0.2, -0.15) is 0 Å². The summed E-state index contributed by atoms with van der Waals surface area (Å²) in [5.74, 6) is 0.371. The average molecular weight is 411 g/mol. The standard InChI is InChI=1S/C20H15ClN4O2S/c21-13-5-7-14(8-6-13)27-12-11-24-19(26)17-18(23-10-9-22-17)20-25-15-3-1-2-4-16(15)28-20/h1-10H,11-12H2,(H,24,26). The van der Waals surface area contributed by atoms with Gasteiger partial charge in [0.25, 0.3) is 5.91 Å². The number of aromatic nitrogens is 3. The second-order valence-electron chi connectivity index (χ2n) is 5.80. The number of thiazole rings is 1. The number of para-hydroxylation sites is 1. The molecule has 0 fully saturated rings. The number of amides is 1. The van der Waals surface area contributed by atoms with E-state index in [1.165, 1.54) is 17.5 Å². The molecule has 0 radical (unpaired) electrons. The first kappa shape index (κ1) is 18.3. The summed E-state index contributed by atoms with van der Waals surface area (Å²) in [6, 6.07) is 14.8. The number of benzene rings is 2. The van der Waals surface area contributed by atoms with Crippen molar-refractivity contribution in [3.63, 3.8) is 0 Å². The van der Waals surface area contributed by atoms with Crippen LogP contribution in [-0.2, 0) is 0 Å². The SMILES string of the molecule is O=C(NCCOc1ccc(Cl)cc1)c1nccnc1-c1nc2ccccc2s1. The molecule has 4 rings (SSSR count). The molecule has 2 aromatic heterocycles. The van der Waals surface area contributed by atoms with Crippen molar-refractivity contribution in [3.8, 4) is 16.5 Å². The molecule has 1 N–H and O–H groups in total. The second-order valence-corrected chi connectivity index (χ2v) is 7.27. The average Bonchev–Trinajstić information content (AvgIpc) is 3.16. The molecule has 28 heavy (non-hydrogen) atoms. The molecule has 0 aliphatic carbocycles. The highest BCUT2D eigenvalue weighted by atomic mass is 35.5. The van der Waals surface area contributed by atoms with Crippen LogP contribution in [-0.4, -0.2) is 34.0 Å². The van der Waals surface area contributed by atoms with E-state index in [9.17, 15) is 4.79 Å². The van der Waals surface area contributed by atoms with E-state index in [1.54, 1.807) is 30.5 Å². The molecule has 0 aliphatic rings. The minimum absolute atomic E-state index is 0.244. The Hall–Kier alpha value is -3.03. The Labute approximate surface area is 170 Å². The summed E-state index contributed by atoms with van der Waals surface area (Å²) in [7, 11) is 0. The van der Waals surface area contributed by atoms with Crippen molar-refractivity contribution in [1.82, 2.24) is 20.3 Å². The van der Waals surface area contributed by atoms with Gasteiger partial charge in [-0.25, -0.2) is 15.0 Å². The Balaban J connectivity index is 1.44. The summed E-state index contributed by atoms with van der Waals surface area (Å²) in [4.78, 5) is 25.7. The van der Waals surface area contributed by atoms with E-state index in [2.05, 4.69) is 20.3 Å². The summed E-state index contributed by atoms with van der Waals surface area (Å²) < 4.78 is 6.62. The third-order valence-electron chi connectivity index (χ3n) is 3.88. The van der Waals surface area contributed by atoms with Crippen LogP contribution in [0, 0.1) is 0 Å². The van der Waals surface area contributed by atoms with Gasteiger partial charge in [0.15, 0.2) is 5.69 Å². The quantitative estimate of drug-likeness (QED) is 0.482. The molecule has 0 aliphatic heterocycles. The van der Waals surface area contributed by atoms with E-state index in [0.717, 1.165) is 10.2 Å². The fourth-order valence-corrected chi connectivity index (χ4v) is 3.67. The highest BCUT2D eigenvalue weighted by molar-refractivity contribution is 7.21. The van der Waals surface area contributed by atoms with Gasteiger partial charge in [-0.3, -0.25) is 4.79 Å². The number of halogens is 1. The number of rotatable bonds is 6. The number of nitrogens with zero attached hydrogens (tertiary/aromatic N) is 3. The number of fused-ring (bicyclic) bond motifs is 1. The molecule has 6 nitrogen and oxygen atoms in total. The molecule has 2 heterocycles. The molecule has 0 unspecified atom stereocenters. The first-order valence-corrected chi connectivity index (χ1v) is 9.74. The number of ether oxygens (including phenoxy) is 1. The highest BCUT2D eigenvalue weighted by Crippen LogP contribution is 2.29. The number of hydrogen-bond donors (Lipinski definition) is 1. The summed E-state index contributed by atoms with van der Waals surface area (Å²) in [6.45, 7) is 0.654. The maximum Gasteiger partial charge on any atom is 0.272 e. The minimum atomic E-state index is -0.318. The van der Waals surface area contributed by atoms with Crippen molar-refractivity contribution in [2.75, 3.05) is 13.2 Å². The van der Waals surface area contributed by atoms with Crippen molar-refractivity contribution in [3.05, 3.63) is 71.6 Å². The van der Waals surface area contributed by atoms with Crippen molar-refractivity contribution < 1.29 is 9.53 Å². The van der Waals surface area contributed by atoms with Crippen molar-refractivity contribution >= 4 is 39.1 Å². The summed E-state index contributed by atoms with van der Waals surface area (Å²) in [5, 5.41) is 4.12. The van der Waals surface area contributed by atoms with Gasteiger partial charge in [0.2, 0.25) is 0 Å². The van der Waals surface area contributed by atoms with Crippen LogP contribution in [0.15, 0.2) is 60.9 Å². The van der Waals surface area contributed by atoms with Gasteiger partial charge >= 0.3 is 0 Å². The lowest BCUT2D eigenvalue weighted by atomic mass is 10.3. The Kier molecular flexibility index (Phi) is 5.45. The summed E-state index contributed by atoms with van der Waals surface area (Å²) >= 11 is 7.32. The van der Waals surface area contributed by atoms with E-state index < -0.39 is 0 Å². The molecule has 8 heteroatoms. The molecule has 2 aromatic carbocycles. The van der Waals surface area contributed by atoms with E-state index >= 15 is 0 Å². The predicted molar refractivity (Wildman–Crippen MR) is 110 cm³/mol. The monoisotopic (exact) mass is 410 g/mol. The molecular formula is C20H15ClN4O2S. The molecule has 0 bridgehead atoms. The Morgan fingerprint density at radius 2 is 1.86 bits per heavy atom. The zero-order valence-corrected chi connectivity index (χ0v) is 16.2. The lowest BCUT2D eigenvalue weighted by molar-refractivity contribution is 0.0942. The molecule has 4 aromatic rings. The van der Waals surface area contributed by atoms with Gasteiger partial charge in [-0.05, 0) is 36.4 Å². The summed E-state index contributed by atoms with van der Waals surface area (Å²) in [5.41, 5.74) is 1.59. The third kappa shape index (κ3) is 4.11. The fourth-order valence-electron chi connectivity index (χ4n) is 2.58. The van der Waals surface area contributed by atoms with Crippen LogP contribution in [0.4, 0.5) is 0 Å². The third-order valence-corrected chi connectivity index (χ3v) is 5.17. The van der Waals surface area contributed by atoms with Crippen LogP contribution in [0.5, 0.6) is 5.75 Å². The molecule has 0 saturated heterocycles. The molecule has 1 amide bonds. The molecule has 0 saturated carbocycles. The number of hydrogen-bond acceptors (Lipinski definition) is 6. The van der Waals surface area contributed by atoms with Crippen molar-refractivity contribution in [2.45, 2.75) is 0 Å². The van der Waals surface area contributed by atoms with E-state index in [-0.39, 0.29) is 11.6 Å². The van der Waals surface area contributed by atoms with E-state index in [1.807, 2.05) is 24.3 Å². The van der Waals surface area contributed by atoms with Gasteiger partial charge in [-0.1, -0.05) is 23.7 Å². The fraction of sp³-hybridized carbons (Fsp3) is 0.100. The van der Waals surface area contributed by atoms with Gasteiger partial charge in [0.1, 0.15) is 23.1 Å². The van der Waals surface area contributed by atoms with Gasteiger partial charge in [0, 0.05) is 17.4 Å². The molecular weight excluding hydrogens is 396 g/mol. The van der Waals surface area contributed by atoms with Crippen LogP contribution >= 0.6 is 22.9 Å². The lowest BCUT2D eigenvalue weighted by Crippen LogP contribution is -2.29. The minimum Gasteiger partial charge on any atom is -0.492 e. The molecule has 0 spiro atoms. The van der Waals surface area contributed by atoms with E-state index in [0.29, 0.717) is 34.6 Å². The predicted octanol–water partition coefficient (Wildman–Crippen LogP) is 4.22. The maximum atomic E-state index is 12.6. The second kappa shape index (κ2) is 8.33. The Bertz CT molecular complexity index is 1080. The molecule has 0 atom stereocenters. The van der Waals surface area contributed by atoms with Crippen LogP contribution in [0.2, 0.25) is 5.02 Å². The van der Waals surface area contributed by atoms with Crippen molar-refractivity contribution in [2.24, 2.45) is 0 Å². The zero-order chi connectivity index (χ0) is 19.3. The van der Waals surface area contributed by atoms with E-state index in [4.69, 9.17) is 16.3 Å². The Morgan fingerprint density at radius 1 is 1.07 bits per heavy atom. The molecule has 140 valence electrons. The first-order valence-electron chi connectivity index (χ1n) is 8.54. The highest BCUT2D eigenvalue weighted by Gasteiger charge is 2.18. The number of carbonyl (C=O) groups excluding carboxylic acids is 1. The topological polar surface area (TPSA) is 77.0 Å². The maximum absolute atomic E-state index is 12.6.